The van der Waals surface area contributed by atoms with Gasteiger partial charge in [0.05, 0.1) is 23.9 Å². The lowest BCUT2D eigenvalue weighted by atomic mass is 10.2. The molecular weight excluding hydrogens is 266 g/mol. The maximum Gasteiger partial charge on any atom is 0.262 e. The van der Waals surface area contributed by atoms with E-state index in [1.165, 1.54) is 0 Å². The molecule has 1 aliphatic rings. The van der Waals surface area contributed by atoms with Crippen LogP contribution in [0.5, 0.6) is 0 Å². The third-order valence-electron chi connectivity index (χ3n) is 3.94. The molecule has 0 amide bonds. The van der Waals surface area contributed by atoms with E-state index >= 15 is 0 Å². The van der Waals surface area contributed by atoms with E-state index < -0.39 is 0 Å². The summed E-state index contributed by atoms with van der Waals surface area (Å²) in [6, 6.07) is 7.44. The zero-order valence-electron chi connectivity index (χ0n) is 12.3. The molecule has 1 aliphatic heterocycles. The van der Waals surface area contributed by atoms with Gasteiger partial charge < -0.3 is 4.90 Å². The molecule has 112 valence electrons. The summed E-state index contributed by atoms with van der Waals surface area (Å²) in [5.74, 6) is 0. The SMILES string of the molecule is CN1CCN(CNCn2cnc3ccccc3c2=O)CC1. The molecule has 0 aliphatic carbocycles. The number of hydrogen-bond donors (Lipinski definition) is 1. The predicted octanol–water partition coefficient (Wildman–Crippen LogP) is 0.149. The molecule has 6 nitrogen and oxygen atoms in total. The van der Waals surface area contributed by atoms with Gasteiger partial charge >= 0.3 is 0 Å². The van der Waals surface area contributed by atoms with Crippen molar-refractivity contribution in [3.63, 3.8) is 0 Å². The van der Waals surface area contributed by atoms with Crippen molar-refractivity contribution in [2.24, 2.45) is 0 Å². The molecule has 1 aromatic carbocycles. The molecule has 0 unspecified atom stereocenters. The highest BCUT2D eigenvalue weighted by Gasteiger charge is 2.12. The Morgan fingerprint density at radius 3 is 2.71 bits per heavy atom. The van der Waals surface area contributed by atoms with E-state index in [4.69, 9.17) is 0 Å². The second-order valence-corrected chi connectivity index (χ2v) is 5.52. The van der Waals surface area contributed by atoms with Crippen molar-refractivity contribution in [3.05, 3.63) is 40.9 Å². The Bertz CT molecular complexity index is 660. The average Bonchev–Trinajstić information content (AvgIpc) is 2.52. The molecular formula is C15H21N5O. The number of aromatic nitrogens is 2. The first kappa shape index (κ1) is 14.2. The fourth-order valence-corrected chi connectivity index (χ4v) is 2.55. The molecule has 2 heterocycles. The fraction of sp³-hybridized carbons (Fsp3) is 0.467. The Balaban J connectivity index is 1.61. The largest absolute Gasteiger partial charge is 0.304 e. The summed E-state index contributed by atoms with van der Waals surface area (Å²) in [6.07, 6.45) is 1.61. The highest BCUT2D eigenvalue weighted by atomic mass is 16.1. The Morgan fingerprint density at radius 1 is 1.14 bits per heavy atom. The number of para-hydroxylation sites is 1. The van der Waals surface area contributed by atoms with Crippen molar-refractivity contribution in [2.45, 2.75) is 6.67 Å². The first-order valence-electron chi connectivity index (χ1n) is 7.30. The van der Waals surface area contributed by atoms with Crippen molar-refractivity contribution < 1.29 is 0 Å². The van der Waals surface area contributed by atoms with Gasteiger partial charge in [-0.2, -0.15) is 0 Å². The van der Waals surface area contributed by atoms with E-state index in [2.05, 4.69) is 27.1 Å². The Hall–Kier alpha value is -1.76. The topological polar surface area (TPSA) is 53.4 Å². The lowest BCUT2D eigenvalue weighted by Gasteiger charge is -2.32. The summed E-state index contributed by atoms with van der Waals surface area (Å²) in [5, 5.41) is 3.99. The molecule has 1 N–H and O–H groups in total. The quantitative estimate of drug-likeness (QED) is 0.867. The zero-order chi connectivity index (χ0) is 14.7. The fourth-order valence-electron chi connectivity index (χ4n) is 2.55. The number of fused-ring (bicyclic) bond motifs is 1. The first-order chi connectivity index (χ1) is 10.2. The van der Waals surface area contributed by atoms with Crippen LogP contribution in [0.25, 0.3) is 10.9 Å². The van der Waals surface area contributed by atoms with E-state index in [1.807, 2.05) is 24.3 Å². The van der Waals surface area contributed by atoms with Crippen molar-refractivity contribution >= 4 is 10.9 Å². The third kappa shape index (κ3) is 3.29. The lowest BCUT2D eigenvalue weighted by molar-refractivity contribution is 0.142. The van der Waals surface area contributed by atoms with Crippen LogP contribution in [0.3, 0.4) is 0 Å². The summed E-state index contributed by atoms with van der Waals surface area (Å²) >= 11 is 0. The second kappa shape index (κ2) is 6.34. The number of nitrogens with zero attached hydrogens (tertiary/aromatic N) is 4. The van der Waals surface area contributed by atoms with Gasteiger partial charge in [-0.05, 0) is 19.2 Å². The molecule has 1 saturated heterocycles. The van der Waals surface area contributed by atoms with Gasteiger partial charge in [-0.25, -0.2) is 4.98 Å². The lowest BCUT2D eigenvalue weighted by Crippen LogP contribution is -2.48. The number of likely N-dealkylation sites (N-methyl/N-ethyl adjacent to an activating group) is 1. The van der Waals surface area contributed by atoms with E-state index in [9.17, 15) is 4.79 Å². The first-order valence-corrected chi connectivity index (χ1v) is 7.30. The second-order valence-electron chi connectivity index (χ2n) is 5.52. The van der Waals surface area contributed by atoms with Gasteiger partial charge in [0.15, 0.2) is 0 Å². The molecule has 0 bridgehead atoms. The van der Waals surface area contributed by atoms with Crippen LogP contribution in [0.4, 0.5) is 0 Å². The van der Waals surface area contributed by atoms with Gasteiger partial charge in [0.1, 0.15) is 0 Å². The van der Waals surface area contributed by atoms with Crippen LogP contribution in [-0.4, -0.2) is 59.2 Å². The molecule has 6 heteroatoms. The van der Waals surface area contributed by atoms with Crippen LogP contribution in [0.2, 0.25) is 0 Å². The van der Waals surface area contributed by atoms with Crippen molar-refractivity contribution in [1.82, 2.24) is 24.7 Å². The molecule has 3 rings (SSSR count). The van der Waals surface area contributed by atoms with Gasteiger partial charge in [0.25, 0.3) is 5.56 Å². The molecule has 0 saturated carbocycles. The molecule has 0 spiro atoms. The molecule has 1 aromatic heterocycles. The summed E-state index contributed by atoms with van der Waals surface area (Å²) in [6.45, 7) is 5.61. The standard InChI is InChI=1S/C15H21N5O/c1-18-6-8-19(9-7-18)10-16-11-20-12-17-14-5-3-2-4-13(14)15(20)21/h2-5,12,16H,6-11H2,1H3. The third-order valence-corrected chi connectivity index (χ3v) is 3.94. The minimum Gasteiger partial charge on any atom is -0.304 e. The maximum absolute atomic E-state index is 12.3. The van der Waals surface area contributed by atoms with Crippen LogP contribution >= 0.6 is 0 Å². The van der Waals surface area contributed by atoms with Gasteiger partial charge in [-0.3, -0.25) is 19.6 Å². The van der Waals surface area contributed by atoms with Crippen molar-refractivity contribution in [3.8, 4) is 0 Å². The van der Waals surface area contributed by atoms with Gasteiger partial charge in [0.2, 0.25) is 0 Å². The maximum atomic E-state index is 12.3. The predicted molar refractivity (Wildman–Crippen MR) is 83.1 cm³/mol. The summed E-state index contributed by atoms with van der Waals surface area (Å²) < 4.78 is 1.62. The summed E-state index contributed by atoms with van der Waals surface area (Å²) in [4.78, 5) is 21.3. The minimum absolute atomic E-state index is 0.00600. The highest BCUT2D eigenvalue weighted by molar-refractivity contribution is 5.76. The van der Waals surface area contributed by atoms with E-state index in [0.717, 1.165) is 38.4 Å². The molecule has 2 aromatic rings. The molecule has 0 atom stereocenters. The van der Waals surface area contributed by atoms with Crippen LogP contribution in [0.1, 0.15) is 0 Å². The van der Waals surface area contributed by atoms with Crippen molar-refractivity contribution in [2.75, 3.05) is 39.9 Å². The zero-order valence-corrected chi connectivity index (χ0v) is 12.3. The van der Waals surface area contributed by atoms with Gasteiger partial charge in [-0.15, -0.1) is 0 Å². The van der Waals surface area contributed by atoms with Gasteiger partial charge in [0, 0.05) is 32.8 Å². The van der Waals surface area contributed by atoms with Crippen LogP contribution < -0.4 is 10.9 Å². The molecule has 0 radical (unpaired) electrons. The number of hydrogen-bond acceptors (Lipinski definition) is 5. The Kier molecular flexibility index (Phi) is 4.28. The Labute approximate surface area is 124 Å². The number of rotatable bonds is 4. The molecule has 1 fully saturated rings. The smallest absolute Gasteiger partial charge is 0.262 e. The number of piperazine rings is 1. The summed E-state index contributed by atoms with van der Waals surface area (Å²) in [7, 11) is 2.14. The Morgan fingerprint density at radius 2 is 1.90 bits per heavy atom. The van der Waals surface area contributed by atoms with E-state index in [-0.39, 0.29) is 5.56 Å². The minimum atomic E-state index is 0.00600. The van der Waals surface area contributed by atoms with E-state index in [1.54, 1.807) is 10.9 Å². The average molecular weight is 287 g/mol. The molecule has 21 heavy (non-hydrogen) atoms. The number of benzene rings is 1. The van der Waals surface area contributed by atoms with Crippen LogP contribution in [0, 0.1) is 0 Å². The van der Waals surface area contributed by atoms with Gasteiger partial charge in [-0.1, -0.05) is 12.1 Å². The van der Waals surface area contributed by atoms with E-state index in [0.29, 0.717) is 12.1 Å². The highest BCUT2D eigenvalue weighted by Crippen LogP contribution is 2.04. The van der Waals surface area contributed by atoms with Crippen LogP contribution in [0.15, 0.2) is 35.4 Å². The normalized spacial score (nSPS) is 17.4. The van der Waals surface area contributed by atoms with Crippen molar-refractivity contribution in [1.29, 1.82) is 0 Å². The van der Waals surface area contributed by atoms with Crippen LogP contribution in [-0.2, 0) is 6.67 Å². The number of nitrogens with one attached hydrogen (secondary N) is 1. The monoisotopic (exact) mass is 287 g/mol. The summed E-state index contributed by atoms with van der Waals surface area (Å²) in [5.41, 5.74) is 0.754.